The Kier molecular flexibility index (Phi) is 6.73. The van der Waals surface area contributed by atoms with Gasteiger partial charge in [-0.25, -0.2) is 4.79 Å². The first-order valence-corrected chi connectivity index (χ1v) is 10.8. The summed E-state index contributed by atoms with van der Waals surface area (Å²) in [7, 11) is 0. The Bertz CT molecular complexity index is 864. The van der Waals surface area contributed by atoms with Gasteiger partial charge < -0.3 is 15.4 Å². The minimum absolute atomic E-state index is 0.277. The zero-order valence-electron chi connectivity index (χ0n) is 15.5. The molecular weight excluding hydrogens is 400 g/mol. The number of hydrogen-bond acceptors (Lipinski definition) is 4. The molecule has 0 atom stereocenters. The Balaban J connectivity index is 1.86. The Labute approximate surface area is 174 Å². The predicted molar refractivity (Wildman–Crippen MR) is 118 cm³/mol. The van der Waals surface area contributed by atoms with Crippen molar-refractivity contribution in [3.05, 3.63) is 44.8 Å². The molecule has 0 unspecified atom stereocenters. The van der Waals surface area contributed by atoms with E-state index in [4.69, 9.17) is 28.6 Å². The molecule has 1 heterocycles. The van der Waals surface area contributed by atoms with Gasteiger partial charge in [0.25, 0.3) is 0 Å². The molecular formula is C20H23ClN2O2S2. The Morgan fingerprint density at radius 3 is 2.81 bits per heavy atom. The fourth-order valence-corrected chi connectivity index (χ4v) is 4.98. The third-order valence-corrected chi connectivity index (χ3v) is 6.46. The minimum atomic E-state index is -0.277. The van der Waals surface area contributed by atoms with Crippen LogP contribution in [0.15, 0.2) is 18.2 Å². The molecule has 1 aliphatic rings. The van der Waals surface area contributed by atoms with E-state index >= 15 is 0 Å². The molecule has 7 heteroatoms. The van der Waals surface area contributed by atoms with Crippen molar-refractivity contribution in [3.8, 4) is 0 Å². The van der Waals surface area contributed by atoms with Gasteiger partial charge in [-0.1, -0.05) is 24.1 Å². The van der Waals surface area contributed by atoms with Crippen LogP contribution in [0.4, 0.5) is 10.7 Å². The molecule has 1 aromatic heterocycles. The van der Waals surface area contributed by atoms with Crippen LogP contribution in [-0.2, 0) is 17.6 Å². The number of thiophene rings is 1. The highest BCUT2D eigenvalue weighted by Gasteiger charge is 2.26. The van der Waals surface area contributed by atoms with Crippen LogP contribution in [0.3, 0.4) is 0 Å². The molecule has 3 rings (SSSR count). The van der Waals surface area contributed by atoms with E-state index in [0.29, 0.717) is 22.3 Å². The Morgan fingerprint density at radius 2 is 2.04 bits per heavy atom. The number of thiocarbonyl (C=S) groups is 1. The third-order valence-electron chi connectivity index (χ3n) is 4.64. The molecule has 0 saturated heterocycles. The second-order valence-electron chi connectivity index (χ2n) is 6.48. The number of carbonyl (C=O) groups excluding carboxylic acids is 1. The summed E-state index contributed by atoms with van der Waals surface area (Å²) in [5.74, 6) is -0.277. The molecule has 1 aliphatic carbocycles. The Hall–Kier alpha value is -1.63. The van der Waals surface area contributed by atoms with Gasteiger partial charge in [0, 0.05) is 15.6 Å². The van der Waals surface area contributed by atoms with Gasteiger partial charge in [0.2, 0.25) is 0 Å². The van der Waals surface area contributed by atoms with E-state index in [1.54, 1.807) is 11.3 Å². The lowest BCUT2D eigenvalue weighted by Gasteiger charge is -2.13. The van der Waals surface area contributed by atoms with E-state index in [-0.39, 0.29) is 5.97 Å². The summed E-state index contributed by atoms with van der Waals surface area (Å²) in [5, 5.41) is 8.27. The van der Waals surface area contributed by atoms with Crippen molar-refractivity contribution in [2.45, 2.75) is 46.0 Å². The first kappa shape index (κ1) is 20.1. The maximum Gasteiger partial charge on any atom is 0.341 e. The summed E-state index contributed by atoms with van der Waals surface area (Å²) in [6.45, 7) is 4.11. The maximum atomic E-state index is 12.6. The molecule has 0 radical (unpaired) electrons. The molecule has 1 aromatic carbocycles. The number of carbonyl (C=O) groups is 1. The van der Waals surface area contributed by atoms with Crippen LogP contribution in [0.25, 0.3) is 0 Å². The van der Waals surface area contributed by atoms with Gasteiger partial charge in [0.05, 0.1) is 12.2 Å². The summed E-state index contributed by atoms with van der Waals surface area (Å²) in [6, 6.07) is 5.64. The standard InChI is InChI=1S/C20H23ClN2O2S2/c1-3-25-19(24)17-13-8-5-4-6-11-16(13)27-18(17)23-20(26)22-15-10-7-9-14(21)12(15)2/h7,9-10H,3-6,8,11H2,1-2H3,(H2,22,23,26). The maximum absolute atomic E-state index is 12.6. The number of benzene rings is 1. The molecule has 2 N–H and O–H groups in total. The fraction of sp³-hybridized carbons (Fsp3) is 0.400. The van der Waals surface area contributed by atoms with Crippen LogP contribution in [0.5, 0.6) is 0 Å². The zero-order chi connectivity index (χ0) is 19.4. The second-order valence-corrected chi connectivity index (χ2v) is 8.40. The first-order chi connectivity index (χ1) is 13.0. The number of esters is 1. The van der Waals surface area contributed by atoms with Crippen molar-refractivity contribution in [3.63, 3.8) is 0 Å². The van der Waals surface area contributed by atoms with E-state index < -0.39 is 0 Å². The Morgan fingerprint density at radius 1 is 1.26 bits per heavy atom. The van der Waals surface area contributed by atoms with Gasteiger partial charge in [-0.3, -0.25) is 0 Å². The predicted octanol–water partition coefficient (Wildman–Crippen LogP) is 5.96. The smallest absolute Gasteiger partial charge is 0.341 e. The van der Waals surface area contributed by atoms with Crippen LogP contribution in [0, 0.1) is 6.92 Å². The van der Waals surface area contributed by atoms with Crippen LogP contribution < -0.4 is 10.6 Å². The number of aryl methyl sites for hydroxylation is 1. The van der Waals surface area contributed by atoms with E-state index in [9.17, 15) is 4.79 Å². The third kappa shape index (κ3) is 4.62. The van der Waals surface area contributed by atoms with E-state index in [2.05, 4.69) is 10.6 Å². The van der Waals surface area contributed by atoms with Crippen molar-refractivity contribution in [2.24, 2.45) is 0 Å². The van der Waals surface area contributed by atoms with Gasteiger partial charge >= 0.3 is 5.97 Å². The number of halogens is 1. The molecule has 2 aromatic rings. The minimum Gasteiger partial charge on any atom is -0.462 e. The molecule has 0 amide bonds. The number of anilines is 2. The van der Waals surface area contributed by atoms with Gasteiger partial charge in [0.15, 0.2) is 5.11 Å². The molecule has 27 heavy (non-hydrogen) atoms. The molecule has 0 spiro atoms. The molecule has 144 valence electrons. The number of fused-ring (bicyclic) bond motifs is 1. The van der Waals surface area contributed by atoms with Crippen LogP contribution in [0.2, 0.25) is 5.02 Å². The van der Waals surface area contributed by atoms with Gasteiger partial charge in [-0.15, -0.1) is 11.3 Å². The average Bonchev–Trinajstić information content (AvgIpc) is 2.80. The molecule has 4 nitrogen and oxygen atoms in total. The van der Waals surface area contributed by atoms with E-state index in [1.807, 2.05) is 32.0 Å². The van der Waals surface area contributed by atoms with Crippen LogP contribution >= 0.6 is 35.2 Å². The highest BCUT2D eigenvalue weighted by Crippen LogP contribution is 2.38. The van der Waals surface area contributed by atoms with Crippen molar-refractivity contribution >= 4 is 56.9 Å². The highest BCUT2D eigenvalue weighted by molar-refractivity contribution is 7.80. The van der Waals surface area contributed by atoms with Gasteiger partial charge in [-0.05, 0) is 75.0 Å². The van der Waals surface area contributed by atoms with E-state index in [1.165, 1.54) is 11.3 Å². The summed E-state index contributed by atoms with van der Waals surface area (Å²) >= 11 is 13.3. The number of ether oxygens (including phenoxy) is 1. The molecule has 0 saturated carbocycles. The van der Waals surface area contributed by atoms with Gasteiger partial charge in [0.1, 0.15) is 5.00 Å². The van der Waals surface area contributed by atoms with E-state index in [0.717, 1.165) is 47.5 Å². The zero-order valence-corrected chi connectivity index (χ0v) is 17.9. The van der Waals surface area contributed by atoms with Crippen LogP contribution in [0.1, 0.15) is 52.5 Å². The number of hydrogen-bond donors (Lipinski definition) is 2. The lowest BCUT2D eigenvalue weighted by Crippen LogP contribution is -2.21. The first-order valence-electron chi connectivity index (χ1n) is 9.16. The summed E-state index contributed by atoms with van der Waals surface area (Å²) in [6.07, 6.45) is 5.36. The normalized spacial score (nSPS) is 13.4. The summed E-state index contributed by atoms with van der Waals surface area (Å²) in [4.78, 5) is 13.9. The number of nitrogens with one attached hydrogen (secondary N) is 2. The quantitative estimate of drug-likeness (QED) is 0.361. The van der Waals surface area contributed by atoms with Crippen molar-refractivity contribution in [1.29, 1.82) is 0 Å². The molecule has 0 fully saturated rings. The lowest BCUT2D eigenvalue weighted by atomic mass is 10.1. The second kappa shape index (κ2) is 9.04. The monoisotopic (exact) mass is 422 g/mol. The van der Waals surface area contributed by atoms with Crippen LogP contribution in [-0.4, -0.2) is 17.7 Å². The summed E-state index contributed by atoms with van der Waals surface area (Å²) < 4.78 is 5.32. The number of rotatable bonds is 4. The molecule has 0 bridgehead atoms. The highest BCUT2D eigenvalue weighted by atomic mass is 35.5. The fourth-order valence-electron chi connectivity index (χ4n) is 3.25. The topological polar surface area (TPSA) is 50.4 Å². The van der Waals surface area contributed by atoms with Gasteiger partial charge in [-0.2, -0.15) is 0 Å². The summed E-state index contributed by atoms with van der Waals surface area (Å²) in [5.41, 5.74) is 3.54. The lowest BCUT2D eigenvalue weighted by molar-refractivity contribution is 0.0527. The average molecular weight is 423 g/mol. The SMILES string of the molecule is CCOC(=O)c1c(NC(=S)Nc2cccc(Cl)c2C)sc2c1CCCCC2. The largest absolute Gasteiger partial charge is 0.462 e. The van der Waals surface area contributed by atoms with Crippen molar-refractivity contribution in [2.75, 3.05) is 17.2 Å². The van der Waals surface area contributed by atoms with Crippen molar-refractivity contribution in [1.82, 2.24) is 0 Å². The van der Waals surface area contributed by atoms with Crippen molar-refractivity contribution < 1.29 is 9.53 Å². The molecule has 0 aliphatic heterocycles.